The molecule has 0 saturated carbocycles. The van der Waals surface area contributed by atoms with Crippen molar-refractivity contribution in [3.8, 4) is 10.6 Å². The van der Waals surface area contributed by atoms with Gasteiger partial charge in [-0.25, -0.2) is 18.2 Å². The lowest BCUT2D eigenvalue weighted by atomic mass is 10.0. The highest BCUT2D eigenvalue weighted by Crippen LogP contribution is 2.33. The molecule has 1 aliphatic rings. The molecule has 31 heavy (non-hydrogen) atoms. The maximum Gasteiger partial charge on any atom is 0.275 e. The van der Waals surface area contributed by atoms with Crippen LogP contribution in [-0.4, -0.2) is 39.5 Å². The van der Waals surface area contributed by atoms with Gasteiger partial charge in [0.2, 0.25) is 0 Å². The molecule has 0 aliphatic carbocycles. The number of nitrogens with zero attached hydrogens (tertiary/aromatic N) is 3. The van der Waals surface area contributed by atoms with Crippen molar-refractivity contribution in [1.29, 1.82) is 0 Å². The summed E-state index contributed by atoms with van der Waals surface area (Å²) in [6, 6.07) is 2.56. The molecular formula is C20H20F3N5O2S. The van der Waals surface area contributed by atoms with Crippen LogP contribution in [0.1, 0.15) is 35.1 Å². The predicted octanol–water partition coefficient (Wildman–Crippen LogP) is 3.59. The largest absolute Gasteiger partial charge is 0.369 e. The van der Waals surface area contributed by atoms with Crippen molar-refractivity contribution in [3.63, 3.8) is 0 Å². The number of thiazole rings is 1. The highest BCUT2D eigenvalue weighted by Gasteiger charge is 2.30. The van der Waals surface area contributed by atoms with Crippen LogP contribution < -0.4 is 11.1 Å². The van der Waals surface area contributed by atoms with E-state index in [1.165, 1.54) is 17.6 Å². The lowest BCUT2D eigenvalue weighted by Crippen LogP contribution is -2.32. The van der Waals surface area contributed by atoms with Crippen LogP contribution in [0.4, 0.5) is 18.9 Å². The molecule has 4 rings (SSSR count). The van der Waals surface area contributed by atoms with E-state index in [0.29, 0.717) is 24.2 Å². The van der Waals surface area contributed by atoms with Crippen LogP contribution in [0.2, 0.25) is 0 Å². The summed E-state index contributed by atoms with van der Waals surface area (Å²) in [5.74, 6) is -1.97. The zero-order valence-electron chi connectivity index (χ0n) is 16.5. The number of halogens is 3. The van der Waals surface area contributed by atoms with Crippen molar-refractivity contribution in [2.45, 2.75) is 31.2 Å². The van der Waals surface area contributed by atoms with Gasteiger partial charge < -0.3 is 15.8 Å². The quantitative estimate of drug-likeness (QED) is 0.632. The molecule has 0 radical (unpaired) electrons. The Balaban J connectivity index is 1.53. The highest BCUT2D eigenvalue weighted by atomic mass is 32.1. The third-order valence-electron chi connectivity index (χ3n) is 5.12. The van der Waals surface area contributed by atoms with Gasteiger partial charge in [-0.1, -0.05) is 0 Å². The third kappa shape index (κ3) is 4.48. The first-order chi connectivity index (χ1) is 14.8. The van der Waals surface area contributed by atoms with E-state index in [0.717, 1.165) is 23.5 Å². The molecule has 3 aromatic rings. The highest BCUT2D eigenvalue weighted by molar-refractivity contribution is 7.13. The SMILES string of the molecule is Cn1ncc(NC(=O)c2csc(-c3ccc(F)cc3F)n2)c1[C@@H]1CC[C@@H](N)[C@H](F)CO1. The molecule has 0 unspecified atom stereocenters. The number of nitrogens with one attached hydrogen (secondary N) is 1. The molecule has 0 spiro atoms. The molecule has 3 N–H and O–H groups in total. The Bertz CT molecular complexity index is 1090. The number of aromatic nitrogens is 3. The lowest BCUT2D eigenvalue weighted by Gasteiger charge is -2.17. The van der Waals surface area contributed by atoms with E-state index in [1.807, 2.05) is 0 Å². The first-order valence-electron chi connectivity index (χ1n) is 9.59. The molecule has 1 amide bonds. The maximum absolute atomic E-state index is 14.0. The fourth-order valence-corrected chi connectivity index (χ4v) is 4.26. The number of nitrogens with two attached hydrogens (primary N) is 1. The molecule has 1 aliphatic heterocycles. The van der Waals surface area contributed by atoms with E-state index >= 15 is 0 Å². The number of amides is 1. The normalized spacial score (nSPS) is 21.6. The van der Waals surface area contributed by atoms with E-state index in [1.54, 1.807) is 11.7 Å². The number of benzene rings is 1. The number of ether oxygens (including phenoxy) is 1. The number of anilines is 1. The summed E-state index contributed by atoms with van der Waals surface area (Å²) in [5.41, 5.74) is 6.98. The Morgan fingerprint density at radius 2 is 2.16 bits per heavy atom. The first kappa shape index (κ1) is 21.5. The minimum absolute atomic E-state index is 0.0751. The molecule has 164 valence electrons. The summed E-state index contributed by atoms with van der Waals surface area (Å²) in [4.78, 5) is 16.9. The number of aryl methyl sites for hydroxylation is 1. The van der Waals surface area contributed by atoms with Gasteiger partial charge in [-0.05, 0) is 25.0 Å². The summed E-state index contributed by atoms with van der Waals surface area (Å²) in [7, 11) is 1.70. The summed E-state index contributed by atoms with van der Waals surface area (Å²) >= 11 is 1.07. The molecule has 3 atom stereocenters. The summed E-state index contributed by atoms with van der Waals surface area (Å²) in [5, 5.41) is 8.65. The maximum atomic E-state index is 14.0. The van der Waals surface area contributed by atoms with Gasteiger partial charge in [-0.2, -0.15) is 5.10 Å². The molecule has 1 fully saturated rings. The van der Waals surface area contributed by atoms with Crippen molar-refractivity contribution >= 4 is 22.9 Å². The molecule has 1 saturated heterocycles. The number of hydrogen-bond acceptors (Lipinski definition) is 6. The Kier molecular flexibility index (Phi) is 6.08. The van der Waals surface area contributed by atoms with Crippen molar-refractivity contribution in [3.05, 3.63) is 52.8 Å². The monoisotopic (exact) mass is 451 g/mol. The number of carbonyl (C=O) groups is 1. The molecule has 0 bridgehead atoms. The zero-order valence-corrected chi connectivity index (χ0v) is 17.3. The summed E-state index contributed by atoms with van der Waals surface area (Å²) in [6.07, 6.45) is 0.657. The summed E-state index contributed by atoms with van der Waals surface area (Å²) in [6.45, 7) is -0.136. The average molecular weight is 451 g/mol. The van der Waals surface area contributed by atoms with Gasteiger partial charge in [0, 0.05) is 30.1 Å². The number of carbonyl (C=O) groups excluding carboxylic acids is 1. The van der Waals surface area contributed by atoms with E-state index in [9.17, 15) is 18.0 Å². The van der Waals surface area contributed by atoms with Crippen LogP contribution in [0.3, 0.4) is 0 Å². The van der Waals surface area contributed by atoms with Crippen molar-refractivity contribution < 1.29 is 22.7 Å². The molecule has 1 aromatic carbocycles. The molecule has 2 aromatic heterocycles. The zero-order chi connectivity index (χ0) is 22.1. The third-order valence-corrected chi connectivity index (χ3v) is 6.00. The Hall–Kier alpha value is -2.76. The van der Waals surface area contributed by atoms with Crippen LogP contribution in [0.15, 0.2) is 29.8 Å². The fraction of sp³-hybridized carbons (Fsp3) is 0.350. The second kappa shape index (κ2) is 8.77. The van der Waals surface area contributed by atoms with Gasteiger partial charge in [0.25, 0.3) is 5.91 Å². The second-order valence-corrected chi connectivity index (χ2v) is 8.12. The van der Waals surface area contributed by atoms with Gasteiger partial charge in [-0.3, -0.25) is 9.48 Å². The van der Waals surface area contributed by atoms with Crippen LogP contribution in [0.25, 0.3) is 10.6 Å². The van der Waals surface area contributed by atoms with E-state index < -0.39 is 35.9 Å². The Morgan fingerprint density at radius 3 is 2.94 bits per heavy atom. The number of rotatable bonds is 4. The van der Waals surface area contributed by atoms with Gasteiger partial charge in [0.05, 0.1) is 24.2 Å². The van der Waals surface area contributed by atoms with E-state index in [2.05, 4.69) is 15.4 Å². The fourth-order valence-electron chi connectivity index (χ4n) is 3.43. The van der Waals surface area contributed by atoms with Gasteiger partial charge >= 0.3 is 0 Å². The minimum Gasteiger partial charge on any atom is -0.369 e. The van der Waals surface area contributed by atoms with Crippen LogP contribution in [-0.2, 0) is 11.8 Å². The van der Waals surface area contributed by atoms with Crippen LogP contribution in [0.5, 0.6) is 0 Å². The van der Waals surface area contributed by atoms with Gasteiger partial charge in [0.1, 0.15) is 34.6 Å². The molecule has 7 nitrogen and oxygen atoms in total. The lowest BCUT2D eigenvalue weighted by molar-refractivity contribution is 0.0247. The standard InChI is InChI=1S/C20H20F3N5O2S/c1-28-18(17-5-4-14(24)13(23)8-30-17)15(7-25-28)26-19(29)16-9-31-20(27-16)11-3-2-10(21)6-12(11)22/h2-3,6-7,9,13-14,17H,4-5,8,24H2,1H3,(H,26,29)/t13-,14-,17+/m1/s1. The first-order valence-corrected chi connectivity index (χ1v) is 10.5. The second-order valence-electron chi connectivity index (χ2n) is 7.26. The van der Waals surface area contributed by atoms with Crippen molar-refractivity contribution in [1.82, 2.24) is 14.8 Å². The predicted molar refractivity (Wildman–Crippen MR) is 109 cm³/mol. The van der Waals surface area contributed by atoms with Crippen molar-refractivity contribution in [2.75, 3.05) is 11.9 Å². The molecular weight excluding hydrogens is 431 g/mol. The van der Waals surface area contributed by atoms with Crippen LogP contribution >= 0.6 is 11.3 Å². The van der Waals surface area contributed by atoms with E-state index in [4.69, 9.17) is 10.5 Å². The van der Waals surface area contributed by atoms with Crippen LogP contribution in [0, 0.1) is 11.6 Å². The smallest absolute Gasteiger partial charge is 0.275 e. The van der Waals surface area contributed by atoms with Crippen molar-refractivity contribution in [2.24, 2.45) is 12.8 Å². The summed E-state index contributed by atoms with van der Waals surface area (Å²) < 4.78 is 48.3. The molecule has 11 heteroatoms. The van der Waals surface area contributed by atoms with Gasteiger partial charge in [-0.15, -0.1) is 11.3 Å². The minimum atomic E-state index is -1.25. The van der Waals surface area contributed by atoms with Gasteiger partial charge in [0.15, 0.2) is 0 Å². The average Bonchev–Trinajstić information content (AvgIpc) is 3.31. The Labute approximate surface area is 180 Å². The van der Waals surface area contributed by atoms with E-state index in [-0.39, 0.29) is 22.9 Å². The topological polar surface area (TPSA) is 95.1 Å². The molecule has 3 heterocycles. The Morgan fingerprint density at radius 1 is 1.35 bits per heavy atom. The number of alkyl halides is 1. The number of hydrogen-bond donors (Lipinski definition) is 2.